The van der Waals surface area contributed by atoms with Crippen LogP contribution in [0.1, 0.15) is 49.4 Å². The third kappa shape index (κ3) is 4.94. The van der Waals surface area contributed by atoms with Gasteiger partial charge in [0.05, 0.1) is 13.7 Å². The molecule has 0 saturated heterocycles. The van der Waals surface area contributed by atoms with Crippen LogP contribution in [-0.2, 0) is 21.4 Å². The summed E-state index contributed by atoms with van der Waals surface area (Å²) in [5.74, 6) is -0.440. The van der Waals surface area contributed by atoms with Crippen molar-refractivity contribution >= 4 is 11.6 Å². The van der Waals surface area contributed by atoms with Gasteiger partial charge in [-0.15, -0.1) is 0 Å². The fourth-order valence-electron chi connectivity index (χ4n) is 4.25. The van der Waals surface area contributed by atoms with Gasteiger partial charge in [0.25, 0.3) is 0 Å². The van der Waals surface area contributed by atoms with Gasteiger partial charge in [0.2, 0.25) is 5.91 Å². The maximum Gasteiger partial charge on any atom is 0.246 e. The van der Waals surface area contributed by atoms with Crippen LogP contribution in [-0.4, -0.2) is 32.8 Å². The fraction of sp³-hybridized carbons (Fsp3) is 0.480. The van der Waals surface area contributed by atoms with Gasteiger partial charge in [-0.2, -0.15) is 0 Å². The Hall–Kier alpha value is -2.51. The number of nitrogens with one attached hydrogen (secondary N) is 2. The minimum atomic E-state index is -0.825. The molecule has 1 fully saturated rings. The fourth-order valence-corrected chi connectivity index (χ4v) is 4.25. The Morgan fingerprint density at radius 1 is 1.19 bits per heavy atom. The summed E-state index contributed by atoms with van der Waals surface area (Å²) in [6.45, 7) is 5.00. The van der Waals surface area contributed by atoms with Gasteiger partial charge in [0.1, 0.15) is 23.4 Å². The summed E-state index contributed by atoms with van der Waals surface area (Å²) in [5.41, 5.74) is 1.09. The molecule has 1 amide bonds. The SMILES string of the molecule is COc1ccc2c(c1)CCNC2C(=O)Nc1cc(F)c(C(C)(C)COCC2CC2)c(F)c1. The largest absolute Gasteiger partial charge is 0.497 e. The number of rotatable bonds is 8. The van der Waals surface area contributed by atoms with E-state index >= 15 is 0 Å². The third-order valence-electron chi connectivity index (χ3n) is 6.17. The molecule has 0 bridgehead atoms. The smallest absolute Gasteiger partial charge is 0.246 e. The molecular formula is C25H30F2N2O3. The zero-order valence-electron chi connectivity index (χ0n) is 18.8. The van der Waals surface area contributed by atoms with Crippen molar-refractivity contribution in [2.75, 3.05) is 32.2 Å². The molecule has 1 saturated carbocycles. The number of hydrogen-bond acceptors (Lipinski definition) is 4. The third-order valence-corrected chi connectivity index (χ3v) is 6.17. The summed E-state index contributed by atoms with van der Waals surface area (Å²) in [4.78, 5) is 12.9. The highest BCUT2D eigenvalue weighted by Crippen LogP contribution is 2.34. The second kappa shape index (κ2) is 9.16. The molecule has 2 aliphatic rings. The molecule has 1 unspecified atom stereocenters. The first-order valence-electron chi connectivity index (χ1n) is 11.1. The van der Waals surface area contributed by atoms with Crippen molar-refractivity contribution in [3.63, 3.8) is 0 Å². The highest BCUT2D eigenvalue weighted by molar-refractivity contribution is 5.96. The summed E-state index contributed by atoms with van der Waals surface area (Å²) in [6.07, 6.45) is 3.09. The number of carbonyl (C=O) groups excluding carboxylic acids is 1. The number of amides is 1. The predicted molar refractivity (Wildman–Crippen MR) is 119 cm³/mol. The Kier molecular flexibility index (Phi) is 6.49. The molecule has 1 atom stereocenters. The predicted octanol–water partition coefficient (Wildman–Crippen LogP) is 4.50. The first kappa shape index (κ1) is 22.7. The van der Waals surface area contributed by atoms with Crippen LogP contribution in [0.4, 0.5) is 14.5 Å². The van der Waals surface area contributed by atoms with Crippen LogP contribution >= 0.6 is 0 Å². The summed E-state index contributed by atoms with van der Waals surface area (Å²) >= 11 is 0. The van der Waals surface area contributed by atoms with E-state index < -0.39 is 23.1 Å². The molecule has 2 N–H and O–H groups in total. The second-order valence-electron chi connectivity index (χ2n) is 9.35. The number of carbonyl (C=O) groups is 1. The number of hydrogen-bond donors (Lipinski definition) is 2. The van der Waals surface area contributed by atoms with Crippen LogP contribution in [0.5, 0.6) is 5.75 Å². The molecule has 32 heavy (non-hydrogen) atoms. The van der Waals surface area contributed by atoms with E-state index in [2.05, 4.69) is 10.6 Å². The van der Waals surface area contributed by atoms with Gasteiger partial charge in [0, 0.05) is 29.8 Å². The van der Waals surface area contributed by atoms with E-state index in [4.69, 9.17) is 9.47 Å². The number of methoxy groups -OCH3 is 1. The number of fused-ring (bicyclic) bond motifs is 1. The van der Waals surface area contributed by atoms with Crippen molar-refractivity contribution in [1.82, 2.24) is 5.32 Å². The van der Waals surface area contributed by atoms with Gasteiger partial charge in [-0.1, -0.05) is 19.9 Å². The van der Waals surface area contributed by atoms with Gasteiger partial charge in [-0.3, -0.25) is 4.79 Å². The number of halogens is 2. The van der Waals surface area contributed by atoms with Gasteiger partial charge >= 0.3 is 0 Å². The van der Waals surface area contributed by atoms with Crippen LogP contribution in [0.25, 0.3) is 0 Å². The first-order valence-corrected chi connectivity index (χ1v) is 11.1. The molecule has 1 heterocycles. The first-order chi connectivity index (χ1) is 15.3. The lowest BCUT2D eigenvalue weighted by atomic mass is 9.84. The van der Waals surface area contributed by atoms with Gasteiger partial charge in [-0.05, 0) is 60.6 Å². The standard InChI is InChI=1S/C25H30F2N2O3/c1-25(2,14-32-13-15-4-5-15)22-20(26)11-17(12-21(22)27)29-24(30)23-19-7-6-18(31-3)10-16(19)8-9-28-23/h6-7,10-12,15,23,28H,4-5,8-9,13-14H2,1-3H3,(H,29,30). The molecular weight excluding hydrogens is 414 g/mol. The summed E-state index contributed by atoms with van der Waals surface area (Å²) in [6, 6.07) is 7.31. The van der Waals surface area contributed by atoms with E-state index in [0.29, 0.717) is 19.1 Å². The van der Waals surface area contributed by atoms with Crippen molar-refractivity contribution in [2.45, 2.75) is 44.6 Å². The molecule has 4 rings (SSSR count). The van der Waals surface area contributed by atoms with E-state index in [1.54, 1.807) is 27.0 Å². The minimum absolute atomic E-state index is 0.0282. The maximum absolute atomic E-state index is 14.9. The van der Waals surface area contributed by atoms with Crippen LogP contribution < -0.4 is 15.4 Å². The number of ether oxygens (including phenoxy) is 2. The Labute approximate surface area is 187 Å². The van der Waals surface area contributed by atoms with Crippen LogP contribution in [0.3, 0.4) is 0 Å². The second-order valence-corrected chi connectivity index (χ2v) is 9.35. The van der Waals surface area contributed by atoms with Crippen molar-refractivity contribution in [2.24, 2.45) is 5.92 Å². The number of benzene rings is 2. The highest BCUT2D eigenvalue weighted by Gasteiger charge is 2.31. The normalized spacial score (nSPS) is 18.2. The minimum Gasteiger partial charge on any atom is -0.497 e. The molecule has 1 aliphatic heterocycles. The molecule has 1 aliphatic carbocycles. The molecule has 7 heteroatoms. The lowest BCUT2D eigenvalue weighted by Gasteiger charge is -2.28. The Bertz CT molecular complexity index is 982. The van der Waals surface area contributed by atoms with Crippen molar-refractivity contribution in [1.29, 1.82) is 0 Å². The van der Waals surface area contributed by atoms with Gasteiger partial charge in [0.15, 0.2) is 0 Å². The molecule has 0 spiro atoms. The zero-order chi connectivity index (χ0) is 22.9. The van der Waals surface area contributed by atoms with Crippen LogP contribution in [0, 0.1) is 17.6 Å². The summed E-state index contributed by atoms with van der Waals surface area (Å²) < 4.78 is 40.8. The summed E-state index contributed by atoms with van der Waals surface area (Å²) in [5, 5.41) is 5.84. The van der Waals surface area contributed by atoms with E-state index in [9.17, 15) is 13.6 Å². The molecule has 5 nitrogen and oxygen atoms in total. The average Bonchev–Trinajstić information content (AvgIpc) is 3.56. The average molecular weight is 445 g/mol. The van der Waals surface area contributed by atoms with Crippen molar-refractivity contribution < 1.29 is 23.0 Å². The number of anilines is 1. The topological polar surface area (TPSA) is 59.6 Å². The van der Waals surface area contributed by atoms with Gasteiger partial charge in [-0.25, -0.2) is 8.78 Å². The molecule has 2 aromatic carbocycles. The Balaban J connectivity index is 1.48. The molecule has 0 aromatic heterocycles. The highest BCUT2D eigenvalue weighted by atomic mass is 19.1. The molecule has 0 radical (unpaired) electrons. The van der Waals surface area contributed by atoms with E-state index in [0.717, 1.165) is 36.1 Å². The zero-order valence-corrected chi connectivity index (χ0v) is 18.8. The van der Waals surface area contributed by atoms with E-state index in [-0.39, 0.29) is 23.8 Å². The Morgan fingerprint density at radius 2 is 1.91 bits per heavy atom. The molecule has 2 aromatic rings. The Morgan fingerprint density at radius 3 is 2.56 bits per heavy atom. The van der Waals surface area contributed by atoms with E-state index in [1.165, 1.54) is 12.1 Å². The molecule has 172 valence electrons. The lowest BCUT2D eigenvalue weighted by molar-refractivity contribution is -0.118. The lowest BCUT2D eigenvalue weighted by Crippen LogP contribution is -2.38. The van der Waals surface area contributed by atoms with E-state index in [1.807, 2.05) is 12.1 Å². The van der Waals surface area contributed by atoms with Crippen molar-refractivity contribution in [3.05, 3.63) is 58.7 Å². The summed E-state index contributed by atoms with van der Waals surface area (Å²) in [7, 11) is 1.60. The quantitative estimate of drug-likeness (QED) is 0.629. The van der Waals surface area contributed by atoms with Crippen LogP contribution in [0.2, 0.25) is 0 Å². The maximum atomic E-state index is 14.9. The van der Waals surface area contributed by atoms with Crippen LogP contribution in [0.15, 0.2) is 30.3 Å². The monoisotopic (exact) mass is 444 g/mol. The van der Waals surface area contributed by atoms with Crippen molar-refractivity contribution in [3.8, 4) is 5.75 Å². The van der Waals surface area contributed by atoms with Gasteiger partial charge < -0.3 is 20.1 Å².